The average molecular weight is 317 g/mol. The maximum atomic E-state index is 12.2. The van der Waals surface area contributed by atoms with Gasteiger partial charge in [0, 0.05) is 24.2 Å². The molecule has 2 aromatic rings. The van der Waals surface area contributed by atoms with E-state index in [1.54, 1.807) is 18.3 Å². The number of carbonyl (C=O) groups excluding carboxylic acids is 1. The number of aromatic amines is 1. The van der Waals surface area contributed by atoms with Gasteiger partial charge < -0.3 is 4.74 Å². The molecule has 1 N–H and O–H groups in total. The molecule has 0 aromatic carbocycles. The lowest BCUT2D eigenvalue weighted by Crippen LogP contribution is -2.31. The number of nitrogens with one attached hydrogen (secondary N) is 1. The van der Waals surface area contributed by atoms with Gasteiger partial charge in [-0.25, -0.2) is 9.50 Å². The maximum absolute atomic E-state index is 12.2. The van der Waals surface area contributed by atoms with Crippen molar-refractivity contribution >= 4 is 11.6 Å². The topological polar surface area (TPSA) is 76.5 Å². The molecule has 1 fully saturated rings. The fraction of sp³-hybridized carbons (Fsp3) is 0.588. The number of ether oxygens (including phenoxy) is 1. The second kappa shape index (κ2) is 5.83. The van der Waals surface area contributed by atoms with Crippen molar-refractivity contribution in [3.05, 3.63) is 34.4 Å². The number of hydrogen-bond donors (Lipinski definition) is 1. The van der Waals surface area contributed by atoms with Gasteiger partial charge in [0.25, 0.3) is 5.56 Å². The second-order valence-corrected chi connectivity index (χ2v) is 7.26. The quantitative estimate of drug-likeness (QED) is 0.864. The number of H-pyrrole nitrogens is 1. The van der Waals surface area contributed by atoms with E-state index in [2.05, 4.69) is 10.1 Å². The summed E-state index contributed by atoms with van der Waals surface area (Å²) in [5.74, 6) is 0.0916. The molecule has 23 heavy (non-hydrogen) atoms. The number of carbonyl (C=O) groups is 1. The Hall–Kier alpha value is -2.11. The van der Waals surface area contributed by atoms with Crippen LogP contribution in [-0.4, -0.2) is 26.2 Å². The molecule has 1 aliphatic carbocycles. The first-order chi connectivity index (χ1) is 10.8. The lowest BCUT2D eigenvalue weighted by atomic mass is 9.80. The third-order valence-corrected chi connectivity index (χ3v) is 4.29. The Morgan fingerprint density at radius 2 is 2.00 bits per heavy atom. The lowest BCUT2D eigenvalue weighted by molar-refractivity contribution is -0.161. The molecule has 124 valence electrons. The van der Waals surface area contributed by atoms with Crippen molar-refractivity contribution in [1.29, 1.82) is 0 Å². The number of esters is 1. The zero-order valence-corrected chi connectivity index (χ0v) is 13.8. The summed E-state index contributed by atoms with van der Waals surface area (Å²) < 4.78 is 6.90. The first-order valence-corrected chi connectivity index (χ1v) is 8.13. The zero-order chi connectivity index (χ0) is 16.6. The SMILES string of the molecule is CC(C)(C)OC(=O)C1CCC(c2cc(=O)n3[nH]ccc3n2)CC1. The van der Waals surface area contributed by atoms with Gasteiger partial charge in [-0.1, -0.05) is 0 Å². The van der Waals surface area contributed by atoms with E-state index < -0.39 is 5.60 Å². The van der Waals surface area contributed by atoms with Gasteiger partial charge in [-0.2, -0.15) is 0 Å². The Kier molecular flexibility index (Phi) is 4.00. The minimum atomic E-state index is -0.441. The predicted octanol–water partition coefficient (Wildman–Crippen LogP) is 2.64. The highest BCUT2D eigenvalue weighted by molar-refractivity contribution is 5.73. The van der Waals surface area contributed by atoms with E-state index in [-0.39, 0.29) is 23.4 Å². The molecule has 0 unspecified atom stereocenters. The first-order valence-electron chi connectivity index (χ1n) is 8.13. The van der Waals surface area contributed by atoms with Crippen LogP contribution >= 0.6 is 0 Å². The fourth-order valence-electron chi connectivity index (χ4n) is 3.17. The Balaban J connectivity index is 1.68. The molecule has 0 radical (unpaired) electrons. The highest BCUT2D eigenvalue weighted by Gasteiger charge is 2.31. The molecule has 2 aromatic heterocycles. The smallest absolute Gasteiger partial charge is 0.309 e. The van der Waals surface area contributed by atoms with E-state index in [4.69, 9.17) is 4.74 Å². The van der Waals surface area contributed by atoms with Crippen molar-refractivity contribution in [3.8, 4) is 0 Å². The largest absolute Gasteiger partial charge is 0.460 e. The van der Waals surface area contributed by atoms with Crippen LogP contribution in [0.15, 0.2) is 23.1 Å². The van der Waals surface area contributed by atoms with Crippen LogP contribution in [0.3, 0.4) is 0 Å². The number of aromatic nitrogens is 3. The van der Waals surface area contributed by atoms with Crippen LogP contribution in [0.4, 0.5) is 0 Å². The molecule has 2 heterocycles. The molecular weight excluding hydrogens is 294 g/mol. The molecular formula is C17H23N3O3. The number of rotatable bonds is 2. The van der Waals surface area contributed by atoms with Gasteiger partial charge in [-0.15, -0.1) is 0 Å². The van der Waals surface area contributed by atoms with E-state index in [9.17, 15) is 9.59 Å². The van der Waals surface area contributed by atoms with Gasteiger partial charge >= 0.3 is 5.97 Å². The molecule has 0 atom stereocenters. The first kappa shape index (κ1) is 15.8. The van der Waals surface area contributed by atoms with Crippen LogP contribution < -0.4 is 5.56 Å². The summed E-state index contributed by atoms with van der Waals surface area (Å²) in [5.41, 5.74) is 0.937. The second-order valence-electron chi connectivity index (χ2n) is 7.26. The molecule has 3 rings (SSSR count). The van der Waals surface area contributed by atoms with E-state index in [1.807, 2.05) is 20.8 Å². The molecule has 0 aliphatic heterocycles. The Bertz CT molecular complexity index is 761. The average Bonchev–Trinajstić information content (AvgIpc) is 2.94. The molecule has 6 nitrogen and oxygen atoms in total. The van der Waals surface area contributed by atoms with E-state index in [0.717, 1.165) is 31.4 Å². The van der Waals surface area contributed by atoms with Gasteiger partial charge in [-0.05, 0) is 46.5 Å². The molecule has 0 spiro atoms. The highest BCUT2D eigenvalue weighted by Crippen LogP contribution is 2.35. The van der Waals surface area contributed by atoms with Crippen molar-refractivity contribution in [3.63, 3.8) is 0 Å². The van der Waals surface area contributed by atoms with Crippen molar-refractivity contribution in [2.75, 3.05) is 0 Å². The van der Waals surface area contributed by atoms with Gasteiger partial charge in [0.2, 0.25) is 0 Å². The molecule has 1 aliphatic rings. The zero-order valence-electron chi connectivity index (χ0n) is 13.8. The van der Waals surface area contributed by atoms with Crippen LogP contribution in [0, 0.1) is 5.92 Å². The number of hydrogen-bond acceptors (Lipinski definition) is 4. The van der Waals surface area contributed by atoms with Crippen molar-refractivity contribution < 1.29 is 9.53 Å². The van der Waals surface area contributed by atoms with E-state index >= 15 is 0 Å². The third-order valence-electron chi connectivity index (χ3n) is 4.29. The van der Waals surface area contributed by atoms with Crippen LogP contribution in [0.5, 0.6) is 0 Å². The molecule has 0 saturated heterocycles. The molecule has 0 amide bonds. The monoisotopic (exact) mass is 317 g/mol. The van der Waals surface area contributed by atoms with Crippen LogP contribution in [-0.2, 0) is 9.53 Å². The maximum Gasteiger partial charge on any atom is 0.309 e. The highest BCUT2D eigenvalue weighted by atomic mass is 16.6. The Morgan fingerprint density at radius 1 is 1.30 bits per heavy atom. The summed E-state index contributed by atoms with van der Waals surface area (Å²) in [6.07, 6.45) is 4.99. The predicted molar refractivity (Wildman–Crippen MR) is 86.4 cm³/mol. The summed E-state index contributed by atoms with van der Waals surface area (Å²) >= 11 is 0. The van der Waals surface area contributed by atoms with Crippen molar-refractivity contribution in [2.24, 2.45) is 5.92 Å². The Morgan fingerprint density at radius 3 is 2.65 bits per heavy atom. The summed E-state index contributed by atoms with van der Waals surface area (Å²) in [5, 5.41) is 2.84. The lowest BCUT2D eigenvalue weighted by Gasteiger charge is -2.29. The van der Waals surface area contributed by atoms with Gasteiger partial charge in [0.05, 0.1) is 11.6 Å². The summed E-state index contributed by atoms with van der Waals surface area (Å²) in [4.78, 5) is 28.8. The molecule has 6 heteroatoms. The normalized spacial score (nSPS) is 22.2. The minimum Gasteiger partial charge on any atom is -0.460 e. The van der Waals surface area contributed by atoms with Gasteiger partial charge in [0.1, 0.15) is 5.60 Å². The molecule has 1 saturated carbocycles. The van der Waals surface area contributed by atoms with Crippen LogP contribution in [0.2, 0.25) is 0 Å². The number of nitrogens with zero attached hydrogens (tertiary/aromatic N) is 2. The van der Waals surface area contributed by atoms with Crippen molar-refractivity contribution in [1.82, 2.24) is 14.6 Å². The van der Waals surface area contributed by atoms with E-state index in [0.29, 0.717) is 5.65 Å². The van der Waals surface area contributed by atoms with Crippen LogP contribution in [0.25, 0.3) is 5.65 Å². The Labute approximate surface area is 134 Å². The summed E-state index contributed by atoms with van der Waals surface area (Å²) in [6.45, 7) is 5.67. The summed E-state index contributed by atoms with van der Waals surface area (Å²) in [6, 6.07) is 3.39. The standard InChI is InChI=1S/C17H23N3O3/c1-17(2,3)23-16(22)12-6-4-11(5-7-12)13-10-15(21)20-14(19-13)8-9-18-20/h8-12,18H,4-7H2,1-3H3. The fourth-order valence-corrected chi connectivity index (χ4v) is 3.17. The van der Waals surface area contributed by atoms with Crippen molar-refractivity contribution in [2.45, 2.75) is 58.0 Å². The molecule has 0 bridgehead atoms. The number of fused-ring (bicyclic) bond motifs is 1. The van der Waals surface area contributed by atoms with Crippen LogP contribution in [0.1, 0.15) is 58.1 Å². The van der Waals surface area contributed by atoms with Gasteiger partial charge in [0.15, 0.2) is 5.65 Å². The minimum absolute atomic E-state index is 0.0393. The third kappa shape index (κ3) is 3.46. The summed E-state index contributed by atoms with van der Waals surface area (Å²) in [7, 11) is 0. The van der Waals surface area contributed by atoms with Gasteiger partial charge in [-0.3, -0.25) is 14.7 Å². The van der Waals surface area contributed by atoms with E-state index in [1.165, 1.54) is 4.52 Å².